The van der Waals surface area contributed by atoms with Gasteiger partial charge in [0, 0.05) is 26.5 Å². The molecule has 0 spiro atoms. The van der Waals surface area contributed by atoms with Crippen LogP contribution in [0.1, 0.15) is 20.3 Å². The third-order valence-corrected chi connectivity index (χ3v) is 5.96. The monoisotopic (exact) mass is 340 g/mol. The zero-order valence-electron chi connectivity index (χ0n) is 11.5. The molecule has 0 aliphatic rings. The van der Waals surface area contributed by atoms with Gasteiger partial charge in [0.05, 0.1) is 0 Å². The molecule has 0 fully saturated rings. The summed E-state index contributed by atoms with van der Waals surface area (Å²) in [5.41, 5.74) is 0.746. The van der Waals surface area contributed by atoms with Crippen molar-refractivity contribution in [3.05, 3.63) is 29.3 Å². The van der Waals surface area contributed by atoms with E-state index in [0.29, 0.717) is 27.1 Å². The molecule has 2 heterocycles. The normalized spacial score (nSPS) is 12.9. The molecule has 3 rings (SSSR count). The number of rotatable bonds is 5. The molecule has 2 aromatic heterocycles. The van der Waals surface area contributed by atoms with Crippen LogP contribution in [0.3, 0.4) is 0 Å². The molecule has 0 amide bonds. The highest BCUT2D eigenvalue weighted by atomic mass is 35.5. The molecule has 0 saturated heterocycles. The molecule has 0 aliphatic heterocycles. The summed E-state index contributed by atoms with van der Waals surface area (Å²) in [6.07, 6.45) is 1.10. The number of aromatic nitrogens is 2. The van der Waals surface area contributed by atoms with E-state index in [-0.39, 0.29) is 0 Å². The third kappa shape index (κ3) is 3.39. The van der Waals surface area contributed by atoms with Crippen LogP contribution in [0.5, 0.6) is 0 Å². The number of nitrogens with zero attached hydrogens (tertiary/aromatic N) is 2. The van der Waals surface area contributed by atoms with E-state index in [2.05, 4.69) is 24.0 Å². The average molecular weight is 341 g/mol. The highest BCUT2D eigenvalue weighted by Gasteiger charge is 2.15. The van der Waals surface area contributed by atoms with E-state index in [0.717, 1.165) is 17.4 Å². The Hall–Kier alpha value is -1.11. The number of fused-ring (bicyclic) bond motifs is 1. The van der Waals surface area contributed by atoms with Crippen molar-refractivity contribution >= 4 is 44.2 Å². The second-order valence-electron chi connectivity index (χ2n) is 4.56. The van der Waals surface area contributed by atoms with Crippen molar-refractivity contribution in [1.82, 2.24) is 10.2 Å². The van der Waals surface area contributed by atoms with Crippen LogP contribution in [0.4, 0.5) is 0 Å². The second kappa shape index (κ2) is 6.34. The van der Waals surface area contributed by atoms with Crippen LogP contribution in [0.15, 0.2) is 38.3 Å². The summed E-state index contributed by atoms with van der Waals surface area (Å²) in [4.78, 5) is 0. The fourth-order valence-electron chi connectivity index (χ4n) is 1.65. The highest BCUT2D eigenvalue weighted by molar-refractivity contribution is 8.76. The molecule has 0 aliphatic carbocycles. The van der Waals surface area contributed by atoms with Gasteiger partial charge in [-0.05, 0) is 30.7 Å². The Morgan fingerprint density at radius 1 is 1.24 bits per heavy atom. The summed E-state index contributed by atoms with van der Waals surface area (Å²) < 4.78 is 11.3. The van der Waals surface area contributed by atoms with E-state index >= 15 is 0 Å². The van der Waals surface area contributed by atoms with Gasteiger partial charge in [0.1, 0.15) is 5.58 Å². The molecule has 21 heavy (non-hydrogen) atoms. The molecule has 0 radical (unpaired) electrons. The van der Waals surface area contributed by atoms with Gasteiger partial charge in [0.15, 0.2) is 5.76 Å². The van der Waals surface area contributed by atoms with Gasteiger partial charge in [-0.2, -0.15) is 0 Å². The molecule has 4 nitrogen and oxygen atoms in total. The maximum absolute atomic E-state index is 5.96. The van der Waals surface area contributed by atoms with E-state index in [1.807, 2.05) is 18.2 Å². The number of halogens is 1. The molecule has 7 heteroatoms. The van der Waals surface area contributed by atoms with Crippen LogP contribution < -0.4 is 0 Å². The standard InChI is InChI=1S/C14H13ClN2O2S2/c1-3-8(2)20-21-14-17-16-13(19-14)12-7-9-6-10(15)4-5-11(9)18-12/h4-8H,3H2,1-2H3. The van der Waals surface area contributed by atoms with Crippen LogP contribution in [-0.4, -0.2) is 15.4 Å². The maximum Gasteiger partial charge on any atom is 0.287 e. The fourth-order valence-corrected chi connectivity index (χ4v) is 3.75. The van der Waals surface area contributed by atoms with Crippen molar-refractivity contribution in [2.45, 2.75) is 30.7 Å². The van der Waals surface area contributed by atoms with Crippen molar-refractivity contribution in [2.75, 3.05) is 0 Å². The van der Waals surface area contributed by atoms with Gasteiger partial charge in [0.25, 0.3) is 11.1 Å². The Bertz CT molecular complexity index is 756. The lowest BCUT2D eigenvalue weighted by Crippen LogP contribution is -1.88. The van der Waals surface area contributed by atoms with Crippen molar-refractivity contribution in [2.24, 2.45) is 0 Å². The molecule has 0 saturated carbocycles. The zero-order chi connectivity index (χ0) is 14.8. The van der Waals surface area contributed by atoms with Gasteiger partial charge < -0.3 is 8.83 Å². The van der Waals surface area contributed by atoms with Gasteiger partial charge in [0.2, 0.25) is 0 Å². The van der Waals surface area contributed by atoms with Gasteiger partial charge in [-0.15, -0.1) is 5.10 Å². The minimum Gasteiger partial charge on any atom is -0.451 e. The predicted molar refractivity (Wildman–Crippen MR) is 87.7 cm³/mol. The van der Waals surface area contributed by atoms with Gasteiger partial charge in [-0.25, -0.2) is 0 Å². The van der Waals surface area contributed by atoms with Crippen LogP contribution >= 0.6 is 33.2 Å². The molecule has 1 unspecified atom stereocenters. The number of hydrogen-bond acceptors (Lipinski definition) is 6. The Morgan fingerprint density at radius 3 is 2.90 bits per heavy atom. The first-order valence-electron chi connectivity index (χ1n) is 6.52. The van der Waals surface area contributed by atoms with Crippen LogP contribution in [-0.2, 0) is 0 Å². The Morgan fingerprint density at radius 2 is 2.10 bits per heavy atom. The first-order valence-corrected chi connectivity index (χ1v) is 9.11. The van der Waals surface area contributed by atoms with Gasteiger partial charge >= 0.3 is 0 Å². The minimum atomic E-state index is 0.384. The molecular formula is C14H13ClN2O2S2. The maximum atomic E-state index is 5.96. The average Bonchev–Trinajstić information content (AvgIpc) is 3.10. The Labute approximate surface area is 135 Å². The van der Waals surface area contributed by atoms with Crippen molar-refractivity contribution in [3.8, 4) is 11.7 Å². The van der Waals surface area contributed by atoms with E-state index in [1.165, 1.54) is 10.8 Å². The Kier molecular flexibility index (Phi) is 4.47. The van der Waals surface area contributed by atoms with E-state index < -0.39 is 0 Å². The Balaban J connectivity index is 1.81. The van der Waals surface area contributed by atoms with Crippen LogP contribution in [0, 0.1) is 0 Å². The molecule has 3 aromatic rings. The number of furan rings is 1. The lowest BCUT2D eigenvalue weighted by atomic mass is 10.2. The summed E-state index contributed by atoms with van der Waals surface area (Å²) in [6, 6.07) is 7.31. The van der Waals surface area contributed by atoms with Crippen LogP contribution in [0.25, 0.3) is 22.6 Å². The quantitative estimate of drug-likeness (QED) is 0.557. The lowest BCUT2D eigenvalue weighted by Gasteiger charge is -2.02. The summed E-state index contributed by atoms with van der Waals surface area (Å²) in [6.45, 7) is 4.31. The van der Waals surface area contributed by atoms with Gasteiger partial charge in [-0.1, -0.05) is 41.3 Å². The fraction of sp³-hybridized carbons (Fsp3) is 0.286. The van der Waals surface area contributed by atoms with Gasteiger partial charge in [-0.3, -0.25) is 0 Å². The van der Waals surface area contributed by atoms with E-state index in [9.17, 15) is 0 Å². The van der Waals surface area contributed by atoms with Crippen molar-refractivity contribution in [1.29, 1.82) is 0 Å². The molecule has 1 atom stereocenters. The summed E-state index contributed by atoms with van der Waals surface area (Å²) in [7, 11) is 3.21. The van der Waals surface area contributed by atoms with Crippen molar-refractivity contribution in [3.63, 3.8) is 0 Å². The topological polar surface area (TPSA) is 52.1 Å². The zero-order valence-corrected chi connectivity index (χ0v) is 13.9. The van der Waals surface area contributed by atoms with Crippen LogP contribution in [0.2, 0.25) is 5.02 Å². The number of benzene rings is 1. The van der Waals surface area contributed by atoms with E-state index in [1.54, 1.807) is 16.9 Å². The first kappa shape index (κ1) is 14.8. The number of hydrogen-bond donors (Lipinski definition) is 0. The largest absolute Gasteiger partial charge is 0.451 e. The SMILES string of the molecule is CCC(C)SSc1nnc(-c2cc3cc(Cl)ccc3o2)o1. The summed E-state index contributed by atoms with van der Waals surface area (Å²) >= 11 is 5.96. The highest BCUT2D eigenvalue weighted by Crippen LogP contribution is 2.36. The third-order valence-electron chi connectivity index (χ3n) is 2.95. The first-order chi connectivity index (χ1) is 10.2. The molecule has 1 aromatic carbocycles. The molecule has 0 bridgehead atoms. The van der Waals surface area contributed by atoms with Crippen molar-refractivity contribution < 1.29 is 8.83 Å². The van der Waals surface area contributed by atoms with E-state index in [4.69, 9.17) is 20.4 Å². The molecular weight excluding hydrogens is 328 g/mol. The smallest absolute Gasteiger partial charge is 0.287 e. The second-order valence-corrected chi connectivity index (χ2v) is 7.59. The summed E-state index contributed by atoms with van der Waals surface area (Å²) in [5, 5.41) is 10.7. The predicted octanol–water partition coefficient (Wildman–Crippen LogP) is 5.68. The lowest BCUT2D eigenvalue weighted by molar-refractivity contribution is 0.453. The molecule has 110 valence electrons. The minimum absolute atomic E-state index is 0.384. The molecule has 0 N–H and O–H groups in total. The summed E-state index contributed by atoms with van der Waals surface area (Å²) in [5.74, 6) is 0.940.